The number of hydrogen-bond donors (Lipinski definition) is 1. The summed E-state index contributed by atoms with van der Waals surface area (Å²) in [6.07, 6.45) is 5.86. The zero-order valence-corrected chi connectivity index (χ0v) is 10.6. The van der Waals surface area contributed by atoms with Crippen LogP contribution in [-0.4, -0.2) is 25.0 Å². The molecule has 0 saturated heterocycles. The average molecular weight is 254 g/mol. The molecule has 0 aliphatic carbocycles. The summed E-state index contributed by atoms with van der Waals surface area (Å²) in [6, 6.07) is 5.69. The van der Waals surface area contributed by atoms with Crippen molar-refractivity contribution in [3.63, 3.8) is 0 Å². The molecule has 6 heteroatoms. The quantitative estimate of drug-likeness (QED) is 0.754. The number of nitrogens with zero attached hydrogens (tertiary/aromatic N) is 5. The van der Waals surface area contributed by atoms with E-state index >= 15 is 0 Å². The van der Waals surface area contributed by atoms with Crippen LogP contribution in [0, 0.1) is 0 Å². The molecule has 19 heavy (non-hydrogen) atoms. The molecule has 96 valence electrons. The molecule has 6 nitrogen and oxygen atoms in total. The molecular weight excluding hydrogens is 240 g/mol. The molecule has 1 unspecified atom stereocenters. The van der Waals surface area contributed by atoms with Crippen LogP contribution < -0.4 is 5.73 Å². The Labute approximate surface area is 110 Å². The molecule has 2 aromatic heterocycles. The fourth-order valence-corrected chi connectivity index (χ4v) is 2.14. The van der Waals surface area contributed by atoms with E-state index in [1.165, 1.54) is 0 Å². The summed E-state index contributed by atoms with van der Waals surface area (Å²) in [4.78, 5) is 8.65. The van der Waals surface area contributed by atoms with Crippen molar-refractivity contribution in [3.8, 4) is 0 Å². The van der Waals surface area contributed by atoms with E-state index in [0.29, 0.717) is 6.42 Å². The van der Waals surface area contributed by atoms with E-state index in [4.69, 9.17) is 5.73 Å². The zero-order valence-electron chi connectivity index (χ0n) is 10.6. The summed E-state index contributed by atoms with van der Waals surface area (Å²) >= 11 is 0. The third-order valence-corrected chi connectivity index (χ3v) is 3.01. The third-order valence-electron chi connectivity index (χ3n) is 3.01. The van der Waals surface area contributed by atoms with Gasteiger partial charge in [-0.1, -0.05) is 17.3 Å². The number of aryl methyl sites for hydroxylation is 1. The van der Waals surface area contributed by atoms with Gasteiger partial charge >= 0.3 is 0 Å². The lowest BCUT2D eigenvalue weighted by Crippen LogP contribution is -2.14. The summed E-state index contributed by atoms with van der Waals surface area (Å²) in [7, 11) is 1.84. The predicted octanol–water partition coefficient (Wildman–Crippen LogP) is 1.00. The first-order chi connectivity index (χ1) is 9.24. The minimum atomic E-state index is -0.169. The lowest BCUT2D eigenvalue weighted by Gasteiger charge is -2.12. The molecule has 0 radical (unpaired) electrons. The number of benzene rings is 1. The van der Waals surface area contributed by atoms with Gasteiger partial charge in [-0.2, -0.15) is 0 Å². The molecule has 0 saturated carbocycles. The van der Waals surface area contributed by atoms with Crippen LogP contribution in [0.25, 0.3) is 11.0 Å². The molecule has 0 fully saturated rings. The summed E-state index contributed by atoms with van der Waals surface area (Å²) in [6.45, 7) is 0. The van der Waals surface area contributed by atoms with Gasteiger partial charge in [0.05, 0.1) is 16.7 Å². The summed E-state index contributed by atoms with van der Waals surface area (Å²) < 4.78 is 1.67. The van der Waals surface area contributed by atoms with Gasteiger partial charge in [-0.15, -0.1) is 5.10 Å². The van der Waals surface area contributed by atoms with Crippen molar-refractivity contribution in [2.45, 2.75) is 12.5 Å². The molecular formula is C13H14N6. The van der Waals surface area contributed by atoms with E-state index in [2.05, 4.69) is 20.3 Å². The maximum absolute atomic E-state index is 6.26. The Hall–Kier alpha value is -2.34. The fraction of sp³-hybridized carbons (Fsp3) is 0.231. The van der Waals surface area contributed by atoms with Crippen molar-refractivity contribution in [2.24, 2.45) is 12.8 Å². The van der Waals surface area contributed by atoms with Crippen LogP contribution in [0.3, 0.4) is 0 Å². The van der Waals surface area contributed by atoms with Crippen LogP contribution in [-0.2, 0) is 13.5 Å². The molecule has 2 heterocycles. The van der Waals surface area contributed by atoms with Gasteiger partial charge in [0.2, 0.25) is 0 Å². The predicted molar refractivity (Wildman–Crippen MR) is 71.2 cm³/mol. The number of hydrogen-bond acceptors (Lipinski definition) is 5. The Morgan fingerprint density at radius 3 is 2.89 bits per heavy atom. The Bertz CT molecular complexity index is 700. The van der Waals surface area contributed by atoms with Crippen molar-refractivity contribution in [1.82, 2.24) is 25.0 Å². The van der Waals surface area contributed by atoms with Gasteiger partial charge in [0.25, 0.3) is 0 Å². The highest BCUT2D eigenvalue weighted by Gasteiger charge is 2.13. The van der Waals surface area contributed by atoms with E-state index in [0.717, 1.165) is 22.3 Å². The van der Waals surface area contributed by atoms with Crippen LogP contribution in [0.1, 0.15) is 17.3 Å². The second-order valence-electron chi connectivity index (χ2n) is 4.47. The third kappa shape index (κ3) is 2.30. The number of nitrogens with two attached hydrogens (primary N) is 1. The molecule has 0 aliphatic heterocycles. The molecule has 0 spiro atoms. The normalized spacial score (nSPS) is 12.7. The molecule has 0 bridgehead atoms. The molecule has 3 rings (SSSR count). The number of rotatable bonds is 3. The van der Waals surface area contributed by atoms with Gasteiger partial charge < -0.3 is 5.73 Å². The number of aromatic nitrogens is 5. The van der Waals surface area contributed by atoms with E-state index in [1.807, 2.05) is 31.4 Å². The van der Waals surface area contributed by atoms with E-state index in [9.17, 15) is 0 Å². The second kappa shape index (κ2) is 4.74. The van der Waals surface area contributed by atoms with Crippen molar-refractivity contribution in [1.29, 1.82) is 0 Å². The lowest BCUT2D eigenvalue weighted by atomic mass is 10.0. The molecule has 3 aromatic rings. The minimum absolute atomic E-state index is 0.169. The molecule has 1 aromatic carbocycles. The maximum Gasteiger partial charge on any atom is 0.0934 e. The van der Waals surface area contributed by atoms with Gasteiger partial charge in [0, 0.05) is 38.1 Å². The van der Waals surface area contributed by atoms with E-state index < -0.39 is 0 Å². The highest BCUT2D eigenvalue weighted by molar-refractivity contribution is 5.78. The maximum atomic E-state index is 6.26. The van der Waals surface area contributed by atoms with Crippen LogP contribution in [0.15, 0.2) is 36.8 Å². The SMILES string of the molecule is Cn1cc(CC(N)c2cccc3nccnc23)nn1. The van der Waals surface area contributed by atoms with Crippen LogP contribution in [0.4, 0.5) is 0 Å². The van der Waals surface area contributed by atoms with E-state index in [-0.39, 0.29) is 6.04 Å². The van der Waals surface area contributed by atoms with Crippen molar-refractivity contribution in [2.75, 3.05) is 0 Å². The first-order valence-electron chi connectivity index (χ1n) is 6.04. The summed E-state index contributed by atoms with van der Waals surface area (Å²) in [5, 5.41) is 7.97. The highest BCUT2D eigenvalue weighted by atomic mass is 15.4. The largest absolute Gasteiger partial charge is 0.324 e. The molecule has 2 N–H and O–H groups in total. The monoisotopic (exact) mass is 254 g/mol. The van der Waals surface area contributed by atoms with Crippen molar-refractivity contribution >= 4 is 11.0 Å². The molecule has 0 amide bonds. The Morgan fingerprint density at radius 2 is 2.11 bits per heavy atom. The van der Waals surface area contributed by atoms with Gasteiger partial charge in [-0.05, 0) is 11.6 Å². The van der Waals surface area contributed by atoms with Crippen molar-refractivity contribution < 1.29 is 0 Å². The molecule has 0 aliphatic rings. The fourth-order valence-electron chi connectivity index (χ4n) is 2.14. The smallest absolute Gasteiger partial charge is 0.0934 e. The highest BCUT2D eigenvalue weighted by Crippen LogP contribution is 2.21. The first-order valence-corrected chi connectivity index (χ1v) is 6.04. The van der Waals surface area contributed by atoms with E-state index in [1.54, 1.807) is 17.1 Å². The lowest BCUT2D eigenvalue weighted by molar-refractivity contribution is 0.696. The Morgan fingerprint density at radius 1 is 1.26 bits per heavy atom. The first kappa shape index (κ1) is 11.7. The summed E-state index contributed by atoms with van der Waals surface area (Å²) in [5.74, 6) is 0. The standard InChI is InChI=1S/C13H14N6/c1-19-8-9(17-18-19)7-11(14)10-3-2-4-12-13(10)16-6-5-15-12/h2-6,8,11H,7,14H2,1H3. The average Bonchev–Trinajstić information content (AvgIpc) is 2.83. The molecule has 1 atom stereocenters. The number of para-hydroxylation sites is 1. The minimum Gasteiger partial charge on any atom is -0.324 e. The topological polar surface area (TPSA) is 82.5 Å². The van der Waals surface area contributed by atoms with Crippen LogP contribution in [0.5, 0.6) is 0 Å². The van der Waals surface area contributed by atoms with Gasteiger partial charge in [0.15, 0.2) is 0 Å². The second-order valence-corrected chi connectivity index (χ2v) is 4.47. The van der Waals surface area contributed by atoms with Gasteiger partial charge in [-0.25, -0.2) is 0 Å². The number of fused-ring (bicyclic) bond motifs is 1. The zero-order chi connectivity index (χ0) is 13.2. The summed E-state index contributed by atoms with van der Waals surface area (Å²) in [5.41, 5.74) is 9.82. The Kier molecular flexibility index (Phi) is 2.92. The van der Waals surface area contributed by atoms with Gasteiger partial charge in [0.1, 0.15) is 0 Å². The van der Waals surface area contributed by atoms with Gasteiger partial charge in [-0.3, -0.25) is 14.6 Å². The van der Waals surface area contributed by atoms with Crippen LogP contribution in [0.2, 0.25) is 0 Å². The van der Waals surface area contributed by atoms with Crippen LogP contribution >= 0.6 is 0 Å². The Balaban J connectivity index is 1.95. The van der Waals surface area contributed by atoms with Crippen molar-refractivity contribution in [3.05, 3.63) is 48.0 Å².